The van der Waals surface area contributed by atoms with Gasteiger partial charge in [0.15, 0.2) is 9.84 Å². The average Bonchev–Trinajstić information content (AvgIpc) is 2.34. The van der Waals surface area contributed by atoms with E-state index in [1.54, 1.807) is 0 Å². The first-order valence-corrected chi connectivity index (χ1v) is 6.64. The lowest BCUT2D eigenvalue weighted by Gasteiger charge is -2.11. The van der Waals surface area contributed by atoms with Crippen molar-refractivity contribution in [1.82, 2.24) is 0 Å². The first-order chi connectivity index (χ1) is 8.35. The molecule has 0 saturated carbocycles. The fraction of sp³-hybridized carbons (Fsp3) is 0.273. The molecule has 0 N–H and O–H groups in total. The van der Waals surface area contributed by atoms with Gasteiger partial charge in [0.1, 0.15) is 22.5 Å². The standard InChI is InChI=1S/C11H11NO5S/c1-16-9-5-11(18(3,14)15)10(17-2)4-7(9)8(13)6-12/h4-5H,1-3H3. The molecule has 0 heterocycles. The number of benzene rings is 1. The first-order valence-electron chi connectivity index (χ1n) is 4.75. The van der Waals surface area contributed by atoms with E-state index in [0.717, 1.165) is 6.26 Å². The number of nitriles is 1. The summed E-state index contributed by atoms with van der Waals surface area (Å²) in [7, 11) is -0.972. The van der Waals surface area contributed by atoms with E-state index in [2.05, 4.69) is 0 Å². The lowest BCUT2D eigenvalue weighted by atomic mass is 10.1. The van der Waals surface area contributed by atoms with Gasteiger partial charge in [0.05, 0.1) is 19.8 Å². The van der Waals surface area contributed by atoms with Crippen LogP contribution in [0.2, 0.25) is 0 Å². The molecule has 6 nitrogen and oxygen atoms in total. The van der Waals surface area contributed by atoms with Crippen molar-refractivity contribution in [1.29, 1.82) is 5.26 Å². The zero-order valence-corrected chi connectivity index (χ0v) is 10.9. The second-order valence-corrected chi connectivity index (χ2v) is 5.40. The van der Waals surface area contributed by atoms with Crippen LogP contribution < -0.4 is 9.47 Å². The molecule has 0 amide bonds. The van der Waals surface area contributed by atoms with E-state index in [0.29, 0.717) is 0 Å². The number of sulfone groups is 1. The van der Waals surface area contributed by atoms with Gasteiger partial charge < -0.3 is 9.47 Å². The van der Waals surface area contributed by atoms with Gasteiger partial charge in [-0.3, -0.25) is 4.79 Å². The molecule has 0 aromatic heterocycles. The van der Waals surface area contributed by atoms with Gasteiger partial charge in [0.2, 0.25) is 0 Å². The van der Waals surface area contributed by atoms with Crippen LogP contribution in [0.15, 0.2) is 17.0 Å². The minimum absolute atomic E-state index is 0.00287. The van der Waals surface area contributed by atoms with E-state index < -0.39 is 15.6 Å². The summed E-state index contributed by atoms with van der Waals surface area (Å²) in [5.74, 6) is -0.815. The van der Waals surface area contributed by atoms with Gasteiger partial charge >= 0.3 is 0 Å². The van der Waals surface area contributed by atoms with Crippen molar-refractivity contribution in [3.8, 4) is 17.6 Å². The third-order valence-electron chi connectivity index (χ3n) is 2.23. The Hall–Kier alpha value is -2.07. The Kier molecular flexibility index (Phi) is 3.93. The molecule has 1 aromatic carbocycles. The molecule has 7 heteroatoms. The van der Waals surface area contributed by atoms with Crippen LogP contribution in [0.3, 0.4) is 0 Å². The maximum Gasteiger partial charge on any atom is 0.266 e. The SMILES string of the molecule is COc1cc(S(C)(=O)=O)c(OC)cc1C(=O)C#N. The highest BCUT2D eigenvalue weighted by molar-refractivity contribution is 7.90. The molecule has 0 aliphatic carbocycles. The number of nitrogens with zero attached hydrogens (tertiary/aromatic N) is 1. The zero-order valence-electron chi connectivity index (χ0n) is 10.1. The number of ketones is 1. The summed E-state index contributed by atoms with van der Waals surface area (Å²) in [6.07, 6.45) is 1.01. The van der Waals surface area contributed by atoms with Crippen molar-refractivity contribution in [3.05, 3.63) is 17.7 Å². The monoisotopic (exact) mass is 269 g/mol. The number of hydrogen-bond donors (Lipinski definition) is 0. The van der Waals surface area contributed by atoms with Crippen LogP contribution in [0.5, 0.6) is 11.5 Å². The number of Topliss-reactive ketones (excluding diaryl/α,β-unsaturated/α-hetero) is 1. The Bertz CT molecular complexity index is 628. The largest absolute Gasteiger partial charge is 0.496 e. The van der Waals surface area contributed by atoms with E-state index in [1.165, 1.54) is 32.4 Å². The van der Waals surface area contributed by atoms with Crippen LogP contribution in [0.1, 0.15) is 10.4 Å². The molecule has 1 aromatic rings. The van der Waals surface area contributed by atoms with Crippen LogP contribution in [0.25, 0.3) is 0 Å². The minimum atomic E-state index is -3.53. The van der Waals surface area contributed by atoms with Crippen molar-refractivity contribution in [3.63, 3.8) is 0 Å². The molecule has 0 bridgehead atoms. The number of carbonyl (C=O) groups is 1. The summed E-state index contributed by atoms with van der Waals surface area (Å²) >= 11 is 0. The minimum Gasteiger partial charge on any atom is -0.496 e. The lowest BCUT2D eigenvalue weighted by molar-refractivity contribution is 0.105. The summed E-state index contributed by atoms with van der Waals surface area (Å²) in [5, 5.41) is 8.59. The highest BCUT2D eigenvalue weighted by Crippen LogP contribution is 2.32. The molecule has 0 spiro atoms. The van der Waals surface area contributed by atoms with Crippen molar-refractivity contribution in [2.75, 3.05) is 20.5 Å². The Morgan fingerprint density at radius 1 is 1.22 bits per heavy atom. The quantitative estimate of drug-likeness (QED) is 0.593. The molecule has 0 aliphatic heterocycles. The topological polar surface area (TPSA) is 93.5 Å². The summed E-state index contributed by atoms with van der Waals surface area (Å²) in [5.41, 5.74) is -0.0377. The molecule has 18 heavy (non-hydrogen) atoms. The van der Waals surface area contributed by atoms with Crippen molar-refractivity contribution in [2.45, 2.75) is 4.90 Å². The molecule has 0 radical (unpaired) electrons. The molecular weight excluding hydrogens is 258 g/mol. The van der Waals surface area contributed by atoms with Gasteiger partial charge in [-0.25, -0.2) is 8.42 Å². The maximum atomic E-state index is 11.5. The van der Waals surface area contributed by atoms with Gasteiger partial charge in [0.25, 0.3) is 5.78 Å². The van der Waals surface area contributed by atoms with Gasteiger partial charge in [-0.1, -0.05) is 0 Å². The molecule has 0 aliphatic rings. The van der Waals surface area contributed by atoms with Gasteiger partial charge in [-0.15, -0.1) is 0 Å². The van der Waals surface area contributed by atoms with E-state index in [9.17, 15) is 13.2 Å². The average molecular weight is 269 g/mol. The van der Waals surface area contributed by atoms with Crippen molar-refractivity contribution in [2.24, 2.45) is 0 Å². The smallest absolute Gasteiger partial charge is 0.266 e. The lowest BCUT2D eigenvalue weighted by Crippen LogP contribution is -2.06. The first kappa shape index (κ1) is 14.0. The predicted molar refractivity (Wildman–Crippen MR) is 62.6 cm³/mol. The van der Waals surface area contributed by atoms with Crippen LogP contribution >= 0.6 is 0 Å². The Labute approximate surface area is 105 Å². The van der Waals surface area contributed by atoms with E-state index >= 15 is 0 Å². The number of ether oxygens (including phenoxy) is 2. The summed E-state index contributed by atoms with van der Waals surface area (Å²) in [4.78, 5) is 11.3. The fourth-order valence-electron chi connectivity index (χ4n) is 1.40. The molecule has 96 valence electrons. The van der Waals surface area contributed by atoms with Crippen LogP contribution in [-0.2, 0) is 9.84 Å². The highest BCUT2D eigenvalue weighted by atomic mass is 32.2. The number of carbonyl (C=O) groups excluding carboxylic acids is 1. The predicted octanol–water partition coefficient (Wildman–Crippen LogP) is 0.814. The molecule has 0 unspecified atom stereocenters. The van der Waals surface area contributed by atoms with E-state index in [1.807, 2.05) is 0 Å². The van der Waals surface area contributed by atoms with Gasteiger partial charge in [-0.05, 0) is 6.07 Å². The molecule has 1 rings (SSSR count). The van der Waals surface area contributed by atoms with Crippen LogP contribution in [0, 0.1) is 11.3 Å². The normalized spacial score (nSPS) is 10.6. The second kappa shape index (κ2) is 5.06. The Morgan fingerprint density at radius 2 is 1.78 bits per heavy atom. The maximum absolute atomic E-state index is 11.5. The van der Waals surface area contributed by atoms with Gasteiger partial charge in [-0.2, -0.15) is 5.26 Å². The van der Waals surface area contributed by atoms with E-state index in [4.69, 9.17) is 14.7 Å². The fourth-order valence-corrected chi connectivity index (χ4v) is 2.23. The third kappa shape index (κ3) is 2.60. The number of hydrogen-bond acceptors (Lipinski definition) is 6. The molecule has 0 atom stereocenters. The van der Waals surface area contributed by atoms with Crippen LogP contribution in [-0.4, -0.2) is 34.7 Å². The van der Waals surface area contributed by atoms with Crippen molar-refractivity contribution >= 4 is 15.6 Å². The Morgan fingerprint density at radius 3 is 2.17 bits per heavy atom. The summed E-state index contributed by atoms with van der Waals surface area (Å²) in [6, 6.07) is 3.79. The summed E-state index contributed by atoms with van der Waals surface area (Å²) in [6.45, 7) is 0. The van der Waals surface area contributed by atoms with Crippen molar-refractivity contribution < 1.29 is 22.7 Å². The number of rotatable bonds is 4. The zero-order chi connectivity index (χ0) is 13.9. The van der Waals surface area contributed by atoms with Crippen LogP contribution in [0.4, 0.5) is 0 Å². The molecule has 0 fully saturated rings. The highest BCUT2D eigenvalue weighted by Gasteiger charge is 2.21. The van der Waals surface area contributed by atoms with Gasteiger partial charge in [0, 0.05) is 12.3 Å². The second-order valence-electron chi connectivity index (χ2n) is 3.42. The molecular formula is C11H11NO5S. The molecule has 0 saturated heterocycles. The summed E-state index contributed by atoms with van der Waals surface area (Å²) < 4.78 is 32.9. The number of methoxy groups -OCH3 is 2. The van der Waals surface area contributed by atoms with E-state index in [-0.39, 0.29) is 22.0 Å². The third-order valence-corrected chi connectivity index (χ3v) is 3.35. The Balaban J connectivity index is 3.63.